The highest BCUT2D eigenvalue weighted by Crippen LogP contribution is 2.31. The average Bonchev–Trinajstić information content (AvgIpc) is 2.40. The summed E-state index contributed by atoms with van der Waals surface area (Å²) in [6, 6.07) is 4.44. The predicted molar refractivity (Wildman–Crippen MR) is 88.4 cm³/mol. The van der Waals surface area contributed by atoms with Crippen molar-refractivity contribution in [2.45, 2.75) is 10.3 Å². The number of rotatable bonds is 3. The number of anilines is 1. The monoisotopic (exact) mass is 414 g/mol. The Morgan fingerprint density at radius 1 is 1.33 bits per heavy atom. The van der Waals surface area contributed by atoms with Gasteiger partial charge in [0.2, 0.25) is 10.0 Å². The van der Waals surface area contributed by atoms with E-state index in [0.29, 0.717) is 15.9 Å². The summed E-state index contributed by atoms with van der Waals surface area (Å²) in [6.45, 7) is 0.159. The van der Waals surface area contributed by atoms with E-state index in [-0.39, 0.29) is 17.2 Å². The van der Waals surface area contributed by atoms with Gasteiger partial charge in [0.05, 0.1) is 4.90 Å². The number of nitrogen functional groups attached to an aromatic ring is 1. The number of halogens is 1. The molecule has 0 saturated carbocycles. The van der Waals surface area contributed by atoms with Gasteiger partial charge in [-0.1, -0.05) is 0 Å². The summed E-state index contributed by atoms with van der Waals surface area (Å²) in [7, 11) is -7.44. The molecule has 2 rings (SSSR count). The van der Waals surface area contributed by atoms with E-state index in [1.165, 1.54) is 23.9 Å². The van der Waals surface area contributed by atoms with Crippen LogP contribution in [0.4, 0.5) is 5.69 Å². The van der Waals surface area contributed by atoms with Crippen LogP contribution in [0.2, 0.25) is 0 Å². The lowest BCUT2D eigenvalue weighted by Gasteiger charge is -2.33. The zero-order valence-electron chi connectivity index (χ0n) is 11.2. The van der Waals surface area contributed by atoms with Gasteiger partial charge in [0.25, 0.3) is 0 Å². The lowest BCUT2D eigenvalue weighted by Crippen LogP contribution is -2.49. The van der Waals surface area contributed by atoms with Gasteiger partial charge < -0.3 is 5.73 Å². The molecule has 1 aromatic rings. The summed E-state index contributed by atoms with van der Waals surface area (Å²) >= 11 is 4.62. The first-order valence-corrected chi connectivity index (χ1v) is 11.3. The van der Waals surface area contributed by atoms with E-state index in [0.717, 1.165) is 10.6 Å². The third-order valence-electron chi connectivity index (χ3n) is 3.07. The van der Waals surface area contributed by atoms with Crippen molar-refractivity contribution in [3.63, 3.8) is 0 Å². The van der Waals surface area contributed by atoms with Crippen LogP contribution in [0.15, 0.2) is 27.6 Å². The molecule has 0 aromatic heterocycles. The Balaban J connectivity index is 2.53. The Kier molecular flexibility index (Phi) is 4.94. The molecule has 0 amide bonds. The van der Waals surface area contributed by atoms with E-state index >= 15 is 0 Å². The first kappa shape index (κ1) is 17.1. The second-order valence-corrected chi connectivity index (χ2v) is 10.7. The lowest BCUT2D eigenvalue weighted by molar-refractivity contribution is 0.404. The number of hydrogen-bond donors (Lipinski definition) is 1. The van der Waals surface area contributed by atoms with Gasteiger partial charge in [-0.3, -0.25) is 0 Å². The normalized spacial score (nSPS) is 21.3. The third-order valence-corrected chi connectivity index (χ3v) is 8.75. The van der Waals surface area contributed by atoms with Crippen LogP contribution in [-0.2, 0) is 19.9 Å². The molecule has 1 unspecified atom stereocenters. The fraction of sp³-hybridized carbons (Fsp3) is 0.455. The number of sulfonamides is 1. The Labute approximate surface area is 137 Å². The molecule has 0 bridgehead atoms. The second kappa shape index (κ2) is 6.07. The fourth-order valence-corrected chi connectivity index (χ4v) is 8.15. The average molecular weight is 415 g/mol. The minimum absolute atomic E-state index is 0.0111. The molecule has 10 heteroatoms. The summed E-state index contributed by atoms with van der Waals surface area (Å²) in [6.07, 6.45) is 1.06. The Bertz CT molecular complexity index is 749. The molecule has 118 valence electrons. The lowest BCUT2D eigenvalue weighted by atomic mass is 10.3. The van der Waals surface area contributed by atoms with E-state index in [2.05, 4.69) is 15.9 Å². The van der Waals surface area contributed by atoms with Crippen LogP contribution < -0.4 is 5.73 Å². The highest BCUT2D eigenvalue weighted by atomic mass is 79.9. The summed E-state index contributed by atoms with van der Waals surface area (Å²) in [4.78, 5) is -0.0111. The first-order valence-electron chi connectivity index (χ1n) is 5.97. The van der Waals surface area contributed by atoms with Gasteiger partial charge in [-0.15, -0.1) is 0 Å². The van der Waals surface area contributed by atoms with E-state index in [1.54, 1.807) is 6.07 Å². The fourth-order valence-electron chi connectivity index (χ4n) is 2.02. The van der Waals surface area contributed by atoms with Crippen molar-refractivity contribution in [3.05, 3.63) is 22.7 Å². The summed E-state index contributed by atoms with van der Waals surface area (Å²) in [5.41, 5.74) is 5.95. The van der Waals surface area contributed by atoms with Gasteiger partial charge in [-0.25, -0.2) is 16.8 Å². The van der Waals surface area contributed by atoms with Crippen LogP contribution in [0.5, 0.6) is 0 Å². The molecule has 21 heavy (non-hydrogen) atoms. The Hall–Kier alpha value is -0.290. The van der Waals surface area contributed by atoms with Crippen LogP contribution in [0, 0.1) is 0 Å². The molecule has 0 radical (unpaired) electrons. The molecule has 1 aromatic carbocycles. The molecule has 1 aliphatic rings. The minimum Gasteiger partial charge on any atom is -0.399 e. The quantitative estimate of drug-likeness (QED) is 0.744. The molecule has 1 heterocycles. The van der Waals surface area contributed by atoms with Crippen LogP contribution in [-0.4, -0.2) is 50.8 Å². The van der Waals surface area contributed by atoms with E-state index < -0.39 is 25.2 Å². The van der Waals surface area contributed by atoms with Gasteiger partial charge in [0, 0.05) is 34.5 Å². The van der Waals surface area contributed by atoms with Crippen LogP contribution in [0.1, 0.15) is 0 Å². The summed E-state index contributed by atoms with van der Waals surface area (Å²) < 4.78 is 50.7. The molecule has 1 aliphatic heterocycles. The van der Waals surface area contributed by atoms with Crippen molar-refractivity contribution < 1.29 is 16.8 Å². The molecule has 1 saturated heterocycles. The largest absolute Gasteiger partial charge is 0.399 e. The third kappa shape index (κ3) is 3.55. The number of benzene rings is 1. The highest BCUT2D eigenvalue weighted by molar-refractivity contribution is 9.10. The van der Waals surface area contributed by atoms with Crippen LogP contribution in [0.3, 0.4) is 0 Å². The Morgan fingerprint density at radius 3 is 2.62 bits per heavy atom. The van der Waals surface area contributed by atoms with Gasteiger partial charge in [0.1, 0.15) is 5.37 Å². The number of hydrogen-bond acceptors (Lipinski definition) is 6. The highest BCUT2D eigenvalue weighted by Gasteiger charge is 2.40. The van der Waals surface area contributed by atoms with Crippen molar-refractivity contribution in [2.75, 3.05) is 30.0 Å². The SMILES string of the molecule is CS(=O)(=O)C1CSCCN1S(=O)(=O)c1cc(N)ccc1Br. The van der Waals surface area contributed by atoms with Crippen molar-refractivity contribution in [2.24, 2.45) is 0 Å². The predicted octanol–water partition coefficient (Wildman–Crippen LogP) is 1.14. The van der Waals surface area contributed by atoms with Crippen LogP contribution in [0.25, 0.3) is 0 Å². The minimum atomic E-state index is -3.93. The standard InChI is InChI=1S/C11H15BrN2O4S3/c1-20(15,16)11-7-19-5-4-14(11)21(17,18)10-6-8(13)2-3-9(10)12/h2-3,6,11H,4-5,7,13H2,1H3. The van der Waals surface area contributed by atoms with Crippen LogP contribution >= 0.6 is 27.7 Å². The van der Waals surface area contributed by atoms with Crippen molar-refractivity contribution in [1.29, 1.82) is 0 Å². The first-order chi connectivity index (χ1) is 9.64. The zero-order valence-corrected chi connectivity index (χ0v) is 15.2. The van der Waals surface area contributed by atoms with E-state index in [4.69, 9.17) is 5.73 Å². The molecule has 6 nitrogen and oxygen atoms in total. The molecule has 0 aliphatic carbocycles. The summed E-state index contributed by atoms with van der Waals surface area (Å²) in [5.74, 6) is 0.795. The maximum atomic E-state index is 12.8. The number of nitrogens with zero attached hydrogens (tertiary/aromatic N) is 1. The number of nitrogens with two attached hydrogens (primary N) is 1. The van der Waals surface area contributed by atoms with Gasteiger partial charge >= 0.3 is 0 Å². The molecule has 0 spiro atoms. The maximum absolute atomic E-state index is 12.8. The smallest absolute Gasteiger partial charge is 0.245 e. The van der Waals surface area contributed by atoms with Gasteiger partial charge in [-0.2, -0.15) is 16.1 Å². The Morgan fingerprint density at radius 2 is 2.00 bits per heavy atom. The number of thioether (sulfide) groups is 1. The molecular weight excluding hydrogens is 400 g/mol. The van der Waals surface area contributed by atoms with Crippen molar-refractivity contribution in [1.82, 2.24) is 4.31 Å². The topological polar surface area (TPSA) is 97.5 Å². The molecule has 1 fully saturated rings. The molecular formula is C11H15BrN2O4S3. The summed E-state index contributed by atoms with van der Waals surface area (Å²) in [5, 5.41) is -1.05. The number of sulfone groups is 1. The van der Waals surface area contributed by atoms with Gasteiger partial charge in [-0.05, 0) is 34.1 Å². The second-order valence-electron chi connectivity index (χ2n) is 4.66. The molecule has 1 atom stereocenters. The van der Waals surface area contributed by atoms with Gasteiger partial charge in [0.15, 0.2) is 9.84 Å². The maximum Gasteiger partial charge on any atom is 0.245 e. The van der Waals surface area contributed by atoms with E-state index in [9.17, 15) is 16.8 Å². The van der Waals surface area contributed by atoms with Crippen molar-refractivity contribution in [3.8, 4) is 0 Å². The zero-order chi connectivity index (χ0) is 15.8. The van der Waals surface area contributed by atoms with E-state index in [1.807, 2.05) is 0 Å². The molecule has 2 N–H and O–H groups in total. The van der Waals surface area contributed by atoms with Crippen molar-refractivity contribution >= 4 is 53.2 Å².